The van der Waals surface area contributed by atoms with Gasteiger partial charge in [-0.25, -0.2) is 0 Å². The number of alkyl halides is 3. The molecule has 3 saturated carbocycles. The van der Waals surface area contributed by atoms with Crippen LogP contribution in [-0.4, -0.2) is 49.4 Å². The van der Waals surface area contributed by atoms with Crippen LogP contribution in [-0.2, 0) is 11.0 Å². The zero-order chi connectivity index (χ0) is 28.5. The molecule has 2 heterocycles. The number of halogens is 4. The number of aliphatic hydroxyl groups is 1. The highest BCUT2D eigenvalue weighted by Gasteiger charge is 2.63. The Kier molecular flexibility index (Phi) is 7.12. The van der Waals surface area contributed by atoms with E-state index in [0.29, 0.717) is 34.6 Å². The molecule has 214 valence electrons. The topological polar surface area (TPSA) is 95.7 Å². The monoisotopic (exact) mass is 587 g/mol. The van der Waals surface area contributed by atoms with Gasteiger partial charge in [0.15, 0.2) is 5.69 Å². The molecule has 12 heteroatoms. The lowest BCUT2D eigenvalue weighted by molar-refractivity contribution is -0.152. The number of thiophene rings is 1. The van der Waals surface area contributed by atoms with Crippen LogP contribution in [0.2, 0.25) is 5.02 Å². The summed E-state index contributed by atoms with van der Waals surface area (Å²) >= 11 is 7.44. The van der Waals surface area contributed by atoms with Gasteiger partial charge in [-0.15, -0.1) is 11.3 Å². The van der Waals surface area contributed by atoms with E-state index in [1.807, 2.05) is 0 Å². The average molecular weight is 588 g/mol. The van der Waals surface area contributed by atoms with Crippen LogP contribution < -0.4 is 0 Å². The summed E-state index contributed by atoms with van der Waals surface area (Å²) in [6.45, 7) is 5.75. The Bertz CT molecular complexity index is 1250. The molecule has 39 heavy (non-hydrogen) atoms. The van der Waals surface area contributed by atoms with Crippen molar-refractivity contribution in [3.8, 4) is 0 Å². The fourth-order valence-corrected chi connectivity index (χ4v) is 8.03. The Labute approximate surface area is 233 Å². The molecule has 4 atom stereocenters. The number of aliphatic hydroxyl groups excluding tert-OH is 1. The molecule has 0 spiro atoms. The van der Waals surface area contributed by atoms with E-state index in [1.54, 1.807) is 18.4 Å². The maximum Gasteiger partial charge on any atom is 0.433 e. The number of carbonyl (C=O) groups excluding carboxylic acids is 1. The molecule has 5 rings (SSSR count). The van der Waals surface area contributed by atoms with Gasteiger partial charge in [0.1, 0.15) is 6.10 Å². The molecule has 7 nitrogen and oxygen atoms in total. The highest BCUT2D eigenvalue weighted by atomic mass is 35.5. The predicted octanol–water partition coefficient (Wildman–Crippen LogP) is 6.43. The molecular weight excluding hydrogens is 555 g/mol. The SMILES string of the molecule is CC1(C)[C@@H]2C[C@@H](N(CC(O)c3sccc3Cl)C(=O)c3cnn([C@H]4CC[C@](C)(C(=O)O)CC4)c3C(F)(F)F)C[C@@H]21. The molecule has 3 fully saturated rings. The molecule has 2 aromatic heterocycles. The van der Waals surface area contributed by atoms with E-state index < -0.39 is 46.9 Å². The number of carboxylic acid groups (broad SMARTS) is 1. The van der Waals surface area contributed by atoms with Gasteiger partial charge in [-0.2, -0.15) is 18.3 Å². The summed E-state index contributed by atoms with van der Waals surface area (Å²) in [5.41, 5.74) is -2.51. The summed E-state index contributed by atoms with van der Waals surface area (Å²) in [6, 6.07) is 0.666. The van der Waals surface area contributed by atoms with Crippen LogP contribution in [0.1, 0.15) is 92.4 Å². The number of fused-ring (bicyclic) bond motifs is 1. The molecule has 0 saturated heterocycles. The summed E-state index contributed by atoms with van der Waals surface area (Å²) in [4.78, 5) is 27.4. The van der Waals surface area contributed by atoms with E-state index in [1.165, 1.54) is 16.2 Å². The average Bonchev–Trinajstić information content (AvgIpc) is 3.42. The van der Waals surface area contributed by atoms with Gasteiger partial charge in [-0.05, 0) is 74.1 Å². The van der Waals surface area contributed by atoms with E-state index >= 15 is 0 Å². The second kappa shape index (κ2) is 9.76. The van der Waals surface area contributed by atoms with Crippen LogP contribution in [0.15, 0.2) is 17.6 Å². The summed E-state index contributed by atoms with van der Waals surface area (Å²) in [5, 5.41) is 26.6. The maximum absolute atomic E-state index is 14.5. The third kappa shape index (κ3) is 4.99. The number of carbonyl (C=O) groups is 2. The summed E-state index contributed by atoms with van der Waals surface area (Å²) in [7, 11) is 0. The predicted molar refractivity (Wildman–Crippen MR) is 140 cm³/mol. The normalized spacial score (nSPS) is 30.6. The fourth-order valence-electron chi connectivity index (χ4n) is 6.87. The number of nitrogens with zero attached hydrogens (tertiary/aromatic N) is 3. The molecule has 0 aliphatic heterocycles. The van der Waals surface area contributed by atoms with Gasteiger partial charge in [0.2, 0.25) is 0 Å². The second-order valence-corrected chi connectivity index (χ2v) is 13.6. The van der Waals surface area contributed by atoms with E-state index in [-0.39, 0.29) is 43.7 Å². The minimum atomic E-state index is -4.85. The molecule has 0 aromatic carbocycles. The standard InChI is InChI=1S/C27H33ClF3N3O4S/c1-25(2)17-10-15(11-18(17)25)33(13-20(35)21-19(28)6-9-39-21)23(36)16-12-32-34(22(16)27(29,30)31)14-4-7-26(3,8-5-14)24(37)38/h6,9,12,14-15,17-18,20,35H,4-5,7-8,10-11,13H2,1-3H3,(H,37,38)/t14-,15-,17-,18+,20?,26-. The first-order valence-electron chi connectivity index (χ1n) is 13.2. The van der Waals surface area contributed by atoms with Gasteiger partial charge in [-0.1, -0.05) is 25.4 Å². The minimum Gasteiger partial charge on any atom is -0.481 e. The van der Waals surface area contributed by atoms with Crippen molar-refractivity contribution < 1.29 is 33.0 Å². The summed E-state index contributed by atoms with van der Waals surface area (Å²) in [6.07, 6.45) is -2.82. The van der Waals surface area contributed by atoms with E-state index in [4.69, 9.17) is 11.6 Å². The van der Waals surface area contributed by atoms with Gasteiger partial charge < -0.3 is 15.1 Å². The van der Waals surface area contributed by atoms with Crippen LogP contribution in [0.5, 0.6) is 0 Å². The zero-order valence-electron chi connectivity index (χ0n) is 22.0. The first kappa shape index (κ1) is 28.4. The van der Waals surface area contributed by atoms with E-state index in [0.717, 1.165) is 10.9 Å². The molecule has 2 N–H and O–H groups in total. The van der Waals surface area contributed by atoms with E-state index in [2.05, 4.69) is 18.9 Å². The van der Waals surface area contributed by atoms with Crippen LogP contribution >= 0.6 is 22.9 Å². The van der Waals surface area contributed by atoms with Crippen molar-refractivity contribution in [3.63, 3.8) is 0 Å². The van der Waals surface area contributed by atoms with Crippen LogP contribution in [0.25, 0.3) is 0 Å². The van der Waals surface area contributed by atoms with Crippen molar-refractivity contribution in [1.29, 1.82) is 0 Å². The van der Waals surface area contributed by atoms with Crippen molar-refractivity contribution >= 4 is 34.8 Å². The maximum atomic E-state index is 14.5. The van der Waals surface area contributed by atoms with Gasteiger partial charge in [0.05, 0.1) is 39.7 Å². The highest BCUT2D eigenvalue weighted by Crippen LogP contribution is 2.67. The first-order chi connectivity index (χ1) is 18.1. The third-order valence-corrected chi connectivity index (χ3v) is 11.0. The molecular formula is C27H33ClF3N3O4S. The van der Waals surface area contributed by atoms with Crippen molar-refractivity contribution in [2.75, 3.05) is 6.54 Å². The largest absolute Gasteiger partial charge is 0.481 e. The van der Waals surface area contributed by atoms with Gasteiger partial charge in [0.25, 0.3) is 5.91 Å². The molecule has 1 amide bonds. The number of carboxylic acids is 1. The van der Waals surface area contributed by atoms with Crippen molar-refractivity contribution in [1.82, 2.24) is 14.7 Å². The van der Waals surface area contributed by atoms with Gasteiger partial charge in [0, 0.05) is 6.04 Å². The Morgan fingerprint density at radius 2 is 1.85 bits per heavy atom. The first-order valence-corrected chi connectivity index (χ1v) is 14.5. The van der Waals surface area contributed by atoms with Gasteiger partial charge >= 0.3 is 12.1 Å². The second-order valence-electron chi connectivity index (χ2n) is 12.2. The summed E-state index contributed by atoms with van der Waals surface area (Å²) < 4.78 is 44.4. The zero-order valence-corrected chi connectivity index (χ0v) is 23.6. The lowest BCUT2D eigenvalue weighted by Crippen LogP contribution is -2.43. The molecule has 1 unspecified atom stereocenters. The Hall–Kier alpha value is -2.11. The van der Waals surface area contributed by atoms with Crippen LogP contribution in [0.4, 0.5) is 13.2 Å². The number of amides is 1. The Balaban J connectivity index is 1.45. The van der Waals surface area contributed by atoms with Crippen molar-refractivity contribution in [2.24, 2.45) is 22.7 Å². The Morgan fingerprint density at radius 1 is 1.23 bits per heavy atom. The smallest absolute Gasteiger partial charge is 0.433 e. The van der Waals surface area contributed by atoms with E-state index in [9.17, 15) is 33.0 Å². The lowest BCUT2D eigenvalue weighted by atomic mass is 9.74. The third-order valence-electron chi connectivity index (χ3n) is 9.57. The number of aliphatic carboxylic acids is 1. The minimum absolute atomic E-state index is 0.147. The van der Waals surface area contributed by atoms with Crippen molar-refractivity contribution in [3.05, 3.63) is 38.8 Å². The molecule has 2 aromatic rings. The molecule has 0 bridgehead atoms. The number of hydrogen-bond donors (Lipinski definition) is 2. The number of hydrogen-bond acceptors (Lipinski definition) is 5. The Morgan fingerprint density at radius 3 is 2.36 bits per heavy atom. The van der Waals surface area contributed by atoms with Crippen LogP contribution in [0.3, 0.4) is 0 Å². The molecule has 0 radical (unpaired) electrons. The highest BCUT2D eigenvalue weighted by molar-refractivity contribution is 7.10. The summed E-state index contributed by atoms with van der Waals surface area (Å²) in [5.74, 6) is -1.01. The fraction of sp³-hybridized carbons (Fsp3) is 0.667. The van der Waals surface area contributed by atoms with Gasteiger partial charge in [-0.3, -0.25) is 14.3 Å². The van der Waals surface area contributed by atoms with Crippen LogP contribution in [0, 0.1) is 22.7 Å². The quantitative estimate of drug-likeness (QED) is 0.389. The number of aromatic nitrogens is 2. The molecule has 3 aliphatic rings. The lowest BCUT2D eigenvalue weighted by Gasteiger charge is -2.35. The van der Waals surface area contributed by atoms with Crippen molar-refractivity contribution in [2.45, 2.75) is 83.7 Å². The number of rotatable bonds is 7. The molecule has 3 aliphatic carbocycles.